The molecule has 0 bridgehead atoms. The van der Waals surface area contributed by atoms with Crippen LogP contribution in [0.5, 0.6) is 0 Å². The van der Waals surface area contributed by atoms with Crippen LogP contribution in [0.25, 0.3) is 0 Å². The molecule has 0 aromatic rings. The maximum absolute atomic E-state index is 13.0. The van der Waals surface area contributed by atoms with Crippen molar-refractivity contribution in [3.63, 3.8) is 0 Å². The van der Waals surface area contributed by atoms with Gasteiger partial charge in [0.1, 0.15) is 13.2 Å². The Hall–Kier alpha value is -4.19. The minimum atomic E-state index is -0.797. The molecule has 0 aromatic heterocycles. The number of ether oxygens (including phenoxy) is 3. The van der Waals surface area contributed by atoms with Gasteiger partial charge in [-0.05, 0) is 128 Å². The van der Waals surface area contributed by atoms with Crippen molar-refractivity contribution in [2.45, 2.75) is 322 Å². The fourth-order valence-corrected chi connectivity index (χ4v) is 9.40. The van der Waals surface area contributed by atoms with Crippen molar-refractivity contribution >= 4 is 17.9 Å². The summed E-state index contributed by atoms with van der Waals surface area (Å²) in [7, 11) is 0. The van der Waals surface area contributed by atoms with Gasteiger partial charge in [-0.25, -0.2) is 0 Å². The quantitative estimate of drug-likeness (QED) is 0.0261. The predicted molar refractivity (Wildman–Crippen MR) is 353 cm³/mol. The van der Waals surface area contributed by atoms with E-state index in [2.05, 4.69) is 142 Å². The van der Waals surface area contributed by atoms with Crippen LogP contribution in [0.15, 0.2) is 122 Å². The molecule has 6 nitrogen and oxygen atoms in total. The standard InChI is InChI=1S/C75H126O6/c1-4-7-10-13-16-19-22-25-28-31-34-37-40-43-46-49-52-55-58-61-64-67-73(76)79-70-72(81-75(78)69-66-63-60-57-54-51-48-45-42-39-36-33-30-27-24-21-18-15-12-9-6-3)71-80-74(77)68-65-62-59-56-53-50-47-44-41-38-35-32-29-26-23-20-17-14-11-8-5-2/h7,9-10,12,16,18-19,21,25,27-28,30,32,34-37,39,43,46,72H,4-6,8,11,13-15,17,20,22-24,26,29,31,33,38,40-42,44-45,47-71H2,1-3H3/b10-7-,12-9-,19-16-,21-18-,28-25-,30-27-,35-32-,37-34-,39-36-,46-43-. The van der Waals surface area contributed by atoms with Gasteiger partial charge >= 0.3 is 17.9 Å². The first-order valence-corrected chi connectivity index (χ1v) is 34.0. The summed E-state index contributed by atoms with van der Waals surface area (Å²) in [4.78, 5) is 38.5. The molecule has 0 N–H and O–H groups in total. The smallest absolute Gasteiger partial charge is 0.306 e. The summed E-state index contributed by atoms with van der Waals surface area (Å²) in [6.45, 7) is 6.42. The Kier molecular flexibility index (Phi) is 64.8. The second-order valence-corrected chi connectivity index (χ2v) is 22.3. The molecule has 1 unspecified atom stereocenters. The molecule has 0 heterocycles. The zero-order chi connectivity index (χ0) is 58.5. The Bertz CT molecular complexity index is 1670. The largest absolute Gasteiger partial charge is 0.462 e. The molecule has 0 saturated carbocycles. The normalized spacial score (nSPS) is 12.9. The van der Waals surface area contributed by atoms with E-state index in [-0.39, 0.29) is 31.1 Å². The van der Waals surface area contributed by atoms with Crippen molar-refractivity contribution < 1.29 is 28.6 Å². The van der Waals surface area contributed by atoms with E-state index in [0.29, 0.717) is 19.3 Å². The van der Waals surface area contributed by atoms with Crippen molar-refractivity contribution in [1.29, 1.82) is 0 Å². The summed E-state index contributed by atoms with van der Waals surface area (Å²) in [5.74, 6) is -0.911. The Labute approximate surface area is 501 Å². The minimum Gasteiger partial charge on any atom is -0.462 e. The number of carbonyl (C=O) groups is 3. The third-order valence-corrected chi connectivity index (χ3v) is 14.4. The van der Waals surface area contributed by atoms with E-state index in [9.17, 15) is 14.4 Å². The molecule has 81 heavy (non-hydrogen) atoms. The van der Waals surface area contributed by atoms with Crippen molar-refractivity contribution in [3.05, 3.63) is 122 Å². The van der Waals surface area contributed by atoms with E-state index >= 15 is 0 Å². The van der Waals surface area contributed by atoms with Crippen molar-refractivity contribution in [3.8, 4) is 0 Å². The molecule has 0 aliphatic carbocycles. The van der Waals surface area contributed by atoms with Crippen molar-refractivity contribution in [2.75, 3.05) is 13.2 Å². The van der Waals surface area contributed by atoms with Crippen LogP contribution in [0.4, 0.5) is 0 Å². The first kappa shape index (κ1) is 76.8. The Morgan fingerprint density at radius 3 is 0.765 bits per heavy atom. The molecule has 0 aliphatic heterocycles. The van der Waals surface area contributed by atoms with Gasteiger partial charge in [-0.3, -0.25) is 14.4 Å². The maximum Gasteiger partial charge on any atom is 0.306 e. The molecule has 0 rings (SSSR count). The summed E-state index contributed by atoms with van der Waals surface area (Å²) < 4.78 is 17.0. The van der Waals surface area contributed by atoms with Gasteiger partial charge in [-0.15, -0.1) is 0 Å². The number of esters is 3. The van der Waals surface area contributed by atoms with E-state index in [1.807, 2.05) is 0 Å². The highest BCUT2D eigenvalue weighted by atomic mass is 16.6. The summed E-state index contributed by atoms with van der Waals surface area (Å²) in [5.41, 5.74) is 0. The van der Waals surface area contributed by atoms with Crippen LogP contribution in [0.2, 0.25) is 0 Å². The molecule has 0 amide bonds. The molecule has 0 spiro atoms. The molecular weight excluding hydrogens is 997 g/mol. The number of allylic oxidation sites excluding steroid dienone is 20. The first-order chi connectivity index (χ1) is 40.0. The van der Waals surface area contributed by atoms with Gasteiger partial charge in [0, 0.05) is 19.3 Å². The minimum absolute atomic E-state index is 0.0902. The van der Waals surface area contributed by atoms with E-state index < -0.39 is 6.10 Å². The van der Waals surface area contributed by atoms with Crippen LogP contribution in [0, 0.1) is 0 Å². The molecule has 0 aromatic carbocycles. The summed E-state index contributed by atoms with van der Waals surface area (Å²) in [5, 5.41) is 0. The van der Waals surface area contributed by atoms with Crippen LogP contribution < -0.4 is 0 Å². The van der Waals surface area contributed by atoms with Crippen LogP contribution >= 0.6 is 0 Å². The highest BCUT2D eigenvalue weighted by Gasteiger charge is 2.19. The van der Waals surface area contributed by atoms with Crippen molar-refractivity contribution in [2.24, 2.45) is 0 Å². The molecule has 0 saturated heterocycles. The monoisotopic (exact) mass is 1120 g/mol. The zero-order valence-electron chi connectivity index (χ0n) is 53.0. The first-order valence-electron chi connectivity index (χ1n) is 34.0. The molecule has 0 fully saturated rings. The van der Waals surface area contributed by atoms with Gasteiger partial charge in [-0.2, -0.15) is 0 Å². The van der Waals surface area contributed by atoms with Crippen LogP contribution in [0.3, 0.4) is 0 Å². The maximum atomic E-state index is 13.0. The molecule has 0 aliphatic rings. The SMILES string of the molecule is CC/C=C\C/C=C\C/C=C\C/C=C\C/C=C\CCCCCCCC(=O)OCC(COC(=O)CCCCCCCCCCC/C=C\CCCCCCCCCC)OC(=O)CCCCCCCCCC/C=C\C/C=C\C/C=C\C/C=C\CC. The van der Waals surface area contributed by atoms with Gasteiger partial charge in [0.15, 0.2) is 6.10 Å². The lowest BCUT2D eigenvalue weighted by atomic mass is 10.1. The van der Waals surface area contributed by atoms with E-state index in [0.717, 1.165) is 141 Å². The van der Waals surface area contributed by atoms with Gasteiger partial charge in [-0.1, -0.05) is 290 Å². The topological polar surface area (TPSA) is 78.9 Å². The van der Waals surface area contributed by atoms with Crippen LogP contribution in [-0.4, -0.2) is 37.2 Å². The van der Waals surface area contributed by atoms with E-state index in [1.165, 1.54) is 135 Å². The Balaban J connectivity index is 4.45. The summed E-state index contributed by atoms with van der Waals surface area (Å²) in [6, 6.07) is 0. The molecule has 6 heteroatoms. The number of hydrogen-bond donors (Lipinski definition) is 0. The van der Waals surface area contributed by atoms with Gasteiger partial charge in [0.05, 0.1) is 0 Å². The van der Waals surface area contributed by atoms with E-state index in [1.54, 1.807) is 0 Å². The fourth-order valence-electron chi connectivity index (χ4n) is 9.40. The highest BCUT2D eigenvalue weighted by Crippen LogP contribution is 2.16. The number of carbonyl (C=O) groups excluding carboxylic acids is 3. The number of hydrogen-bond acceptors (Lipinski definition) is 6. The van der Waals surface area contributed by atoms with Crippen LogP contribution in [0.1, 0.15) is 316 Å². The second-order valence-electron chi connectivity index (χ2n) is 22.3. The lowest BCUT2D eigenvalue weighted by Gasteiger charge is -2.18. The summed E-state index contributed by atoms with van der Waals surface area (Å²) in [6.07, 6.45) is 94.9. The predicted octanol–water partition coefficient (Wildman–Crippen LogP) is 23.6. The van der Waals surface area contributed by atoms with Gasteiger partial charge < -0.3 is 14.2 Å². The third-order valence-electron chi connectivity index (χ3n) is 14.4. The molecule has 462 valence electrons. The van der Waals surface area contributed by atoms with Gasteiger partial charge in [0.2, 0.25) is 0 Å². The number of unbranched alkanes of at least 4 members (excludes halogenated alkanes) is 30. The third kappa shape index (κ3) is 66.5. The van der Waals surface area contributed by atoms with Crippen LogP contribution in [-0.2, 0) is 28.6 Å². The van der Waals surface area contributed by atoms with Crippen molar-refractivity contribution in [1.82, 2.24) is 0 Å². The number of rotatable bonds is 61. The molecule has 0 radical (unpaired) electrons. The second kappa shape index (κ2) is 68.3. The average Bonchev–Trinajstić information content (AvgIpc) is 3.47. The zero-order valence-corrected chi connectivity index (χ0v) is 53.0. The lowest BCUT2D eigenvalue weighted by Crippen LogP contribution is -2.30. The van der Waals surface area contributed by atoms with Gasteiger partial charge in [0.25, 0.3) is 0 Å². The Morgan fingerprint density at radius 2 is 0.481 bits per heavy atom. The average molecular weight is 1120 g/mol. The molecule has 1 atom stereocenters. The summed E-state index contributed by atoms with van der Waals surface area (Å²) >= 11 is 0. The lowest BCUT2D eigenvalue weighted by molar-refractivity contribution is -0.167. The fraction of sp³-hybridized carbons (Fsp3) is 0.693. The Morgan fingerprint density at radius 1 is 0.259 bits per heavy atom. The molecular formula is C75H126O6. The van der Waals surface area contributed by atoms with E-state index in [4.69, 9.17) is 14.2 Å². The highest BCUT2D eigenvalue weighted by molar-refractivity contribution is 5.71.